The molecule has 2 nitrogen and oxygen atoms in total. The Morgan fingerprint density at radius 1 is 0.667 bits per heavy atom. The maximum absolute atomic E-state index is 3.15. The number of pyridine rings is 2. The van der Waals surface area contributed by atoms with Crippen LogP contribution in [0.1, 0.15) is 0 Å². The molecule has 0 aliphatic heterocycles. The Morgan fingerprint density at radius 3 is 2.00 bits per heavy atom. The van der Waals surface area contributed by atoms with E-state index in [0.29, 0.717) is 0 Å². The molecular weight excluding hydrogens is 220 g/mol. The Morgan fingerprint density at radius 2 is 1.33 bits per heavy atom. The highest BCUT2D eigenvalue weighted by Gasteiger charge is 2.04. The van der Waals surface area contributed by atoms with Gasteiger partial charge in [-0.15, -0.1) is 6.07 Å². The predicted molar refractivity (Wildman–Crippen MR) is 68.3 cm³/mol. The maximum Gasteiger partial charge on any atom is 0.209 e. The second kappa shape index (κ2) is 4.80. The topological polar surface area (TPSA) is 7.76 Å². The number of hydrogen-bond acceptors (Lipinski definition) is 0. The second-order valence-electron chi connectivity index (χ2n) is 4.00. The van der Waals surface area contributed by atoms with Crippen LogP contribution in [0.15, 0.2) is 79.3 Å². The zero-order valence-corrected chi connectivity index (χ0v) is 9.90. The van der Waals surface area contributed by atoms with Crippen LogP contribution in [0.3, 0.4) is 0 Å². The average molecular weight is 233 g/mol. The van der Waals surface area contributed by atoms with Gasteiger partial charge in [0.2, 0.25) is 5.69 Å². The van der Waals surface area contributed by atoms with Gasteiger partial charge in [0.25, 0.3) is 0 Å². The van der Waals surface area contributed by atoms with Gasteiger partial charge < -0.3 is 0 Å². The van der Waals surface area contributed by atoms with Crippen LogP contribution in [0, 0.1) is 6.20 Å². The molecule has 18 heavy (non-hydrogen) atoms. The molecule has 0 bridgehead atoms. The fraction of sp³-hybridized carbons (Fsp3) is 0. The quantitative estimate of drug-likeness (QED) is 0.473. The highest BCUT2D eigenvalue weighted by Crippen LogP contribution is 2.03. The maximum atomic E-state index is 3.15. The van der Waals surface area contributed by atoms with Gasteiger partial charge in [-0.3, -0.25) is 4.57 Å². The number of aromatic nitrogens is 2. The van der Waals surface area contributed by atoms with E-state index in [0.717, 1.165) is 11.4 Å². The van der Waals surface area contributed by atoms with Crippen molar-refractivity contribution in [1.82, 2.24) is 0 Å². The van der Waals surface area contributed by atoms with Crippen molar-refractivity contribution >= 4 is 0 Å². The summed E-state index contributed by atoms with van der Waals surface area (Å²) in [7, 11) is 0. The predicted octanol–water partition coefficient (Wildman–Crippen LogP) is 2.04. The molecule has 3 aromatic rings. The summed E-state index contributed by atoms with van der Waals surface area (Å²) in [4.78, 5) is 0. The molecule has 0 aliphatic rings. The van der Waals surface area contributed by atoms with Gasteiger partial charge in [0.1, 0.15) is 5.69 Å². The standard InChI is InChI=1S/C16H13N2/c1-3-11-17(12-4-1)15-7-9-16(10-8-15)18-13-5-2-6-14-18/h1-13H/q+1. The van der Waals surface area contributed by atoms with Crippen molar-refractivity contribution in [2.45, 2.75) is 0 Å². The molecule has 1 aromatic carbocycles. The van der Waals surface area contributed by atoms with Crippen LogP contribution in [0.4, 0.5) is 0 Å². The first-order chi connectivity index (χ1) is 8.93. The molecule has 0 unspecified atom stereocenters. The average Bonchev–Trinajstić information content (AvgIpc) is 2.49. The molecule has 2 heteroatoms. The highest BCUT2D eigenvalue weighted by molar-refractivity contribution is 5.31. The third-order valence-corrected chi connectivity index (χ3v) is 2.80. The number of nitrogens with zero attached hydrogens (tertiary/aromatic N) is 2. The van der Waals surface area contributed by atoms with E-state index in [1.165, 1.54) is 0 Å². The van der Waals surface area contributed by atoms with Gasteiger partial charge in [0.15, 0.2) is 18.6 Å². The van der Waals surface area contributed by atoms with Crippen LogP contribution in [0.5, 0.6) is 0 Å². The van der Waals surface area contributed by atoms with Gasteiger partial charge >= 0.3 is 0 Å². The fourth-order valence-corrected chi connectivity index (χ4v) is 1.87. The Bertz CT molecular complexity index is 558. The van der Waals surface area contributed by atoms with Gasteiger partial charge in [-0.25, -0.2) is 0 Å². The van der Waals surface area contributed by atoms with Crippen LogP contribution in [0.2, 0.25) is 0 Å². The lowest BCUT2D eigenvalue weighted by Crippen LogP contribution is -2.31. The molecule has 0 fully saturated rings. The summed E-state index contributed by atoms with van der Waals surface area (Å²) in [6.07, 6.45) is 9.22. The van der Waals surface area contributed by atoms with Crippen molar-refractivity contribution < 1.29 is 9.13 Å². The molecule has 0 radical (unpaired) electrons. The molecule has 0 atom stereocenters. The van der Waals surface area contributed by atoms with E-state index in [4.69, 9.17) is 0 Å². The minimum atomic E-state index is 1.11. The van der Waals surface area contributed by atoms with E-state index in [-0.39, 0.29) is 0 Å². The van der Waals surface area contributed by atoms with Gasteiger partial charge in [0.05, 0.1) is 6.20 Å². The first kappa shape index (κ1) is 10.7. The molecular formula is C16H13N2+. The summed E-state index contributed by atoms with van der Waals surface area (Å²) in [5.41, 5.74) is 2.26. The zero-order valence-electron chi connectivity index (χ0n) is 9.90. The fourth-order valence-electron chi connectivity index (χ4n) is 1.87. The van der Waals surface area contributed by atoms with Crippen LogP contribution >= 0.6 is 0 Å². The van der Waals surface area contributed by atoms with Crippen LogP contribution in [-0.4, -0.2) is 0 Å². The Labute approximate surface area is 106 Å². The normalized spacial score (nSPS) is 10.2. The second-order valence-corrected chi connectivity index (χ2v) is 4.00. The largest absolute Gasteiger partial charge is 0.285 e. The first-order valence-corrected chi connectivity index (χ1v) is 5.89. The summed E-state index contributed by atoms with van der Waals surface area (Å²) in [6.45, 7) is 0. The molecule has 0 amide bonds. The van der Waals surface area contributed by atoms with Crippen molar-refractivity contribution in [3.8, 4) is 11.4 Å². The van der Waals surface area contributed by atoms with E-state index in [1.807, 2.05) is 59.6 Å². The van der Waals surface area contributed by atoms with E-state index >= 15 is 0 Å². The SMILES string of the molecule is [c-]1cccc[n+]1-c1ccc(-[n+]2ccccc2)cc1. The summed E-state index contributed by atoms with van der Waals surface area (Å²) >= 11 is 0. The molecule has 0 saturated heterocycles. The Balaban J connectivity index is 1.95. The monoisotopic (exact) mass is 233 g/mol. The molecule has 86 valence electrons. The van der Waals surface area contributed by atoms with E-state index in [1.54, 1.807) is 0 Å². The van der Waals surface area contributed by atoms with Crippen LogP contribution in [-0.2, 0) is 0 Å². The summed E-state index contributed by atoms with van der Waals surface area (Å²) in [6, 6.07) is 20.3. The van der Waals surface area contributed by atoms with Crippen LogP contribution < -0.4 is 9.13 Å². The summed E-state index contributed by atoms with van der Waals surface area (Å²) in [5, 5.41) is 0. The smallest absolute Gasteiger partial charge is 0.209 e. The van der Waals surface area contributed by atoms with Gasteiger partial charge in [-0.1, -0.05) is 18.2 Å². The van der Waals surface area contributed by atoms with E-state index in [9.17, 15) is 0 Å². The molecule has 2 heterocycles. The molecule has 0 saturated carbocycles. The van der Waals surface area contributed by atoms with Crippen molar-refractivity contribution in [3.63, 3.8) is 0 Å². The zero-order chi connectivity index (χ0) is 12.2. The van der Waals surface area contributed by atoms with Crippen molar-refractivity contribution in [2.24, 2.45) is 0 Å². The summed E-state index contributed by atoms with van der Waals surface area (Å²) < 4.78 is 4.06. The lowest BCUT2D eigenvalue weighted by Gasteiger charge is -2.01. The Hall–Kier alpha value is -2.48. The third kappa shape index (κ3) is 2.13. The number of benzene rings is 1. The minimum absolute atomic E-state index is 1.11. The molecule has 0 N–H and O–H groups in total. The number of hydrogen-bond donors (Lipinski definition) is 0. The highest BCUT2D eigenvalue weighted by atomic mass is 14.9. The van der Waals surface area contributed by atoms with Crippen LogP contribution in [0.25, 0.3) is 11.4 Å². The summed E-state index contributed by atoms with van der Waals surface area (Å²) in [5.74, 6) is 0. The molecule has 0 aliphatic carbocycles. The lowest BCUT2D eigenvalue weighted by molar-refractivity contribution is -0.602. The third-order valence-electron chi connectivity index (χ3n) is 2.80. The van der Waals surface area contributed by atoms with E-state index in [2.05, 4.69) is 35.0 Å². The van der Waals surface area contributed by atoms with Crippen molar-refractivity contribution in [2.75, 3.05) is 0 Å². The first-order valence-electron chi connectivity index (χ1n) is 5.89. The molecule has 3 rings (SSSR count). The van der Waals surface area contributed by atoms with Gasteiger partial charge in [-0.2, -0.15) is 4.57 Å². The lowest BCUT2D eigenvalue weighted by atomic mass is 10.2. The Kier molecular flexibility index (Phi) is 2.84. The van der Waals surface area contributed by atoms with Crippen molar-refractivity contribution in [1.29, 1.82) is 0 Å². The molecule has 0 spiro atoms. The van der Waals surface area contributed by atoms with Gasteiger partial charge in [-0.05, 0) is 12.1 Å². The van der Waals surface area contributed by atoms with Gasteiger partial charge in [0, 0.05) is 24.3 Å². The minimum Gasteiger partial charge on any atom is -0.285 e. The number of rotatable bonds is 2. The molecule has 2 aromatic heterocycles. The van der Waals surface area contributed by atoms with Crippen molar-refractivity contribution in [3.05, 3.63) is 85.5 Å². The van der Waals surface area contributed by atoms with E-state index < -0.39 is 0 Å².